The van der Waals surface area contributed by atoms with Crippen molar-refractivity contribution in [2.45, 2.75) is 6.18 Å². The first-order valence-corrected chi connectivity index (χ1v) is 9.37. The largest absolute Gasteiger partial charge is 0.489 e. The Balaban J connectivity index is 1.93. The first-order chi connectivity index (χ1) is 13.3. The maximum atomic E-state index is 12.8. The summed E-state index contributed by atoms with van der Waals surface area (Å²) >= 11 is 14.2. The molecule has 0 bridgehead atoms. The van der Waals surface area contributed by atoms with E-state index in [-0.39, 0.29) is 21.5 Å². The Bertz CT molecular complexity index is 1040. The van der Waals surface area contributed by atoms with Gasteiger partial charge in [-0.3, -0.25) is 0 Å². The molecule has 9 heteroatoms. The molecule has 0 amide bonds. The van der Waals surface area contributed by atoms with Gasteiger partial charge in [-0.15, -0.1) is 0 Å². The van der Waals surface area contributed by atoms with Crippen molar-refractivity contribution in [2.75, 3.05) is 6.61 Å². The van der Waals surface area contributed by atoms with Crippen molar-refractivity contribution in [1.29, 1.82) is 0 Å². The van der Waals surface area contributed by atoms with Crippen LogP contribution in [0.3, 0.4) is 0 Å². The van der Waals surface area contributed by atoms with Crippen LogP contribution in [0.15, 0.2) is 63.7 Å². The maximum absolute atomic E-state index is 12.8. The summed E-state index contributed by atoms with van der Waals surface area (Å²) in [4.78, 5) is 3.78. The van der Waals surface area contributed by atoms with Crippen LogP contribution in [0.25, 0.3) is 10.8 Å². The normalized spacial score (nSPS) is 11.4. The molecule has 3 nitrogen and oxygen atoms in total. The highest BCUT2D eigenvalue weighted by atomic mass is 79.9. The highest BCUT2D eigenvalue weighted by molar-refractivity contribution is 9.10. The van der Waals surface area contributed by atoms with E-state index in [2.05, 4.69) is 20.9 Å². The van der Waals surface area contributed by atoms with Gasteiger partial charge in [-0.25, -0.2) is 4.98 Å². The average Bonchev–Trinajstić information content (AvgIpc) is 2.63. The van der Waals surface area contributed by atoms with E-state index in [0.29, 0.717) is 16.9 Å². The van der Waals surface area contributed by atoms with Crippen LogP contribution in [0.5, 0.6) is 17.4 Å². The lowest BCUT2D eigenvalue weighted by Gasteiger charge is -2.13. The second-order valence-electron chi connectivity index (χ2n) is 5.52. The third kappa shape index (κ3) is 4.90. The number of hydrogen-bond acceptors (Lipinski definition) is 3. The van der Waals surface area contributed by atoms with E-state index in [0.717, 1.165) is 17.6 Å². The summed E-state index contributed by atoms with van der Waals surface area (Å²) in [6, 6.07) is 11.5. The number of pyridine rings is 1. The molecule has 28 heavy (non-hydrogen) atoms. The Labute approximate surface area is 176 Å². The van der Waals surface area contributed by atoms with Crippen molar-refractivity contribution in [1.82, 2.24) is 4.98 Å². The van der Waals surface area contributed by atoms with E-state index in [1.165, 1.54) is 6.08 Å². The van der Waals surface area contributed by atoms with Gasteiger partial charge in [-0.2, -0.15) is 13.2 Å². The number of fused-ring (bicyclic) bond motifs is 1. The van der Waals surface area contributed by atoms with Crippen LogP contribution in [0.2, 0.25) is 0 Å². The first-order valence-electron chi connectivity index (χ1n) is 7.82. The smallest absolute Gasteiger partial charge is 0.417 e. The molecule has 2 aromatic carbocycles. The number of nitrogens with zero attached hydrogens (tertiary/aromatic N) is 1. The molecule has 1 aromatic heterocycles. The van der Waals surface area contributed by atoms with Crippen LogP contribution in [-0.2, 0) is 6.18 Å². The fourth-order valence-corrected chi connectivity index (χ4v) is 2.98. The molecule has 0 atom stereocenters. The second kappa shape index (κ2) is 8.59. The first kappa shape index (κ1) is 20.8. The Morgan fingerprint density at radius 3 is 2.32 bits per heavy atom. The molecule has 0 radical (unpaired) electrons. The molecular weight excluding hydrogens is 482 g/mol. The van der Waals surface area contributed by atoms with Gasteiger partial charge in [0.1, 0.15) is 22.6 Å². The minimum absolute atomic E-state index is 0.0173. The molecule has 0 saturated carbocycles. The Morgan fingerprint density at radius 2 is 1.71 bits per heavy atom. The van der Waals surface area contributed by atoms with Crippen molar-refractivity contribution in [3.8, 4) is 17.4 Å². The topological polar surface area (TPSA) is 31.4 Å². The molecule has 0 N–H and O–H groups in total. The molecule has 146 valence electrons. The molecular formula is C19H11BrCl2F3NO2. The van der Waals surface area contributed by atoms with Crippen LogP contribution < -0.4 is 9.47 Å². The van der Waals surface area contributed by atoms with Gasteiger partial charge in [0.15, 0.2) is 0 Å². The molecule has 0 saturated heterocycles. The second-order valence-corrected chi connectivity index (χ2v) is 7.39. The Hall–Kier alpha value is -1.96. The summed E-state index contributed by atoms with van der Waals surface area (Å²) < 4.78 is 50.0. The van der Waals surface area contributed by atoms with Gasteiger partial charge in [-0.1, -0.05) is 47.5 Å². The van der Waals surface area contributed by atoms with Gasteiger partial charge in [0.25, 0.3) is 0 Å². The molecule has 0 aliphatic carbocycles. The minimum Gasteiger partial charge on any atom is -0.489 e. The predicted octanol–water partition coefficient (Wildman–Crippen LogP) is 7.51. The van der Waals surface area contributed by atoms with E-state index in [9.17, 15) is 13.2 Å². The van der Waals surface area contributed by atoms with E-state index in [1.807, 2.05) is 6.07 Å². The predicted molar refractivity (Wildman–Crippen MR) is 106 cm³/mol. The molecule has 3 aromatic rings. The van der Waals surface area contributed by atoms with Gasteiger partial charge >= 0.3 is 6.18 Å². The Morgan fingerprint density at radius 1 is 1.07 bits per heavy atom. The minimum atomic E-state index is -4.49. The molecule has 0 fully saturated rings. The third-order valence-electron chi connectivity index (χ3n) is 3.66. The highest BCUT2D eigenvalue weighted by Crippen LogP contribution is 2.38. The van der Waals surface area contributed by atoms with E-state index < -0.39 is 11.7 Å². The van der Waals surface area contributed by atoms with Crippen molar-refractivity contribution in [3.63, 3.8) is 0 Å². The molecule has 0 unspecified atom stereocenters. The van der Waals surface area contributed by atoms with Crippen LogP contribution in [0.4, 0.5) is 13.2 Å². The lowest BCUT2D eigenvalue weighted by atomic mass is 10.1. The zero-order chi connectivity index (χ0) is 20.3. The lowest BCUT2D eigenvalue weighted by molar-refractivity contribution is -0.137. The number of alkyl halides is 3. The number of rotatable bonds is 5. The summed E-state index contributed by atoms with van der Waals surface area (Å²) in [7, 11) is 0. The Kier molecular flexibility index (Phi) is 6.37. The van der Waals surface area contributed by atoms with Gasteiger partial charge < -0.3 is 9.47 Å². The average molecular weight is 493 g/mol. The van der Waals surface area contributed by atoms with Crippen LogP contribution in [0, 0.1) is 0 Å². The number of hydrogen-bond donors (Lipinski definition) is 0. The summed E-state index contributed by atoms with van der Waals surface area (Å²) in [6.07, 6.45) is -2.26. The SMILES string of the molecule is FC(F)(F)c1cnc(Oc2cccc3c(OCC=C(Cl)Cl)cccc23)c(Br)c1. The van der Waals surface area contributed by atoms with E-state index in [1.54, 1.807) is 30.3 Å². The fraction of sp³-hybridized carbons (Fsp3) is 0.105. The third-order valence-corrected chi connectivity index (χ3v) is 4.54. The van der Waals surface area contributed by atoms with Gasteiger partial charge in [0.05, 0.1) is 10.0 Å². The molecule has 0 aliphatic rings. The van der Waals surface area contributed by atoms with Crippen LogP contribution >= 0.6 is 39.1 Å². The summed E-state index contributed by atoms with van der Waals surface area (Å²) in [6.45, 7) is 0.179. The molecule has 3 rings (SSSR count). The van der Waals surface area contributed by atoms with Crippen molar-refractivity contribution in [3.05, 3.63) is 69.3 Å². The maximum Gasteiger partial charge on any atom is 0.417 e. The van der Waals surface area contributed by atoms with Gasteiger partial charge in [-0.05, 0) is 40.2 Å². The lowest BCUT2D eigenvalue weighted by Crippen LogP contribution is -2.06. The monoisotopic (exact) mass is 491 g/mol. The van der Waals surface area contributed by atoms with Crippen LogP contribution in [0.1, 0.15) is 5.56 Å². The van der Waals surface area contributed by atoms with Gasteiger partial charge in [0, 0.05) is 17.0 Å². The number of benzene rings is 2. The summed E-state index contributed by atoms with van der Waals surface area (Å²) in [5.74, 6) is 1.01. The number of halogens is 6. The highest BCUT2D eigenvalue weighted by Gasteiger charge is 2.31. The zero-order valence-electron chi connectivity index (χ0n) is 13.9. The van der Waals surface area contributed by atoms with Gasteiger partial charge in [0.2, 0.25) is 5.88 Å². The number of ether oxygens (including phenoxy) is 2. The quantitative estimate of drug-likeness (QED) is 0.369. The summed E-state index contributed by atoms with van der Waals surface area (Å²) in [5, 5.41) is 1.46. The number of aromatic nitrogens is 1. The van der Waals surface area contributed by atoms with Crippen LogP contribution in [-0.4, -0.2) is 11.6 Å². The van der Waals surface area contributed by atoms with Crippen molar-refractivity contribution in [2.24, 2.45) is 0 Å². The zero-order valence-corrected chi connectivity index (χ0v) is 17.0. The van der Waals surface area contributed by atoms with Crippen molar-refractivity contribution < 1.29 is 22.6 Å². The standard InChI is InChI=1S/C19H11BrCl2F3NO2/c20-14-9-11(19(23,24)25)10-26-18(14)28-16-6-2-3-12-13(16)4-1-5-15(12)27-8-7-17(21)22/h1-7,9-10H,8H2. The fourth-order valence-electron chi connectivity index (χ4n) is 2.42. The van der Waals surface area contributed by atoms with E-state index >= 15 is 0 Å². The summed E-state index contributed by atoms with van der Waals surface area (Å²) in [5.41, 5.74) is -0.869. The molecule has 0 spiro atoms. The molecule has 0 aliphatic heterocycles. The molecule has 1 heterocycles. The van der Waals surface area contributed by atoms with E-state index in [4.69, 9.17) is 32.7 Å². The van der Waals surface area contributed by atoms with Crippen molar-refractivity contribution >= 4 is 49.9 Å².